The minimum atomic E-state index is -0.383. The zero-order chi connectivity index (χ0) is 19.1. The molecule has 1 N–H and O–H groups in total. The summed E-state index contributed by atoms with van der Waals surface area (Å²) in [6.45, 7) is 0. The average molecular weight is 443 g/mol. The second-order valence-corrected chi connectivity index (χ2v) is 7.40. The number of nitrogens with one attached hydrogen (secondary N) is 1. The molecule has 136 valence electrons. The predicted octanol–water partition coefficient (Wildman–Crippen LogP) is 4.42. The van der Waals surface area contributed by atoms with E-state index in [9.17, 15) is 9.59 Å². The van der Waals surface area contributed by atoms with E-state index in [0.717, 1.165) is 15.6 Å². The van der Waals surface area contributed by atoms with Gasteiger partial charge in [-0.2, -0.15) is 5.10 Å². The van der Waals surface area contributed by atoms with E-state index in [4.69, 9.17) is 4.74 Å². The molecule has 5 nitrogen and oxygen atoms in total. The SMILES string of the molecule is O=C(Cc1ccc(Br)cc1)NN=Cc1ccc(OC(=O)c2cccs2)cc1. The molecule has 0 unspecified atom stereocenters. The summed E-state index contributed by atoms with van der Waals surface area (Å²) >= 11 is 4.69. The van der Waals surface area contributed by atoms with Gasteiger partial charge in [0, 0.05) is 4.47 Å². The first-order valence-electron chi connectivity index (χ1n) is 8.02. The maximum Gasteiger partial charge on any atom is 0.353 e. The van der Waals surface area contributed by atoms with Crippen LogP contribution in [0.15, 0.2) is 75.6 Å². The van der Waals surface area contributed by atoms with Gasteiger partial charge in [0.25, 0.3) is 0 Å². The highest BCUT2D eigenvalue weighted by Crippen LogP contribution is 2.16. The molecule has 0 aliphatic carbocycles. The van der Waals surface area contributed by atoms with E-state index in [1.165, 1.54) is 17.6 Å². The van der Waals surface area contributed by atoms with Crippen LogP contribution in [0.3, 0.4) is 0 Å². The molecule has 3 rings (SSSR count). The first-order chi connectivity index (χ1) is 13.1. The molecule has 7 heteroatoms. The van der Waals surface area contributed by atoms with E-state index in [1.54, 1.807) is 36.4 Å². The van der Waals surface area contributed by atoms with E-state index < -0.39 is 0 Å². The van der Waals surface area contributed by atoms with Gasteiger partial charge < -0.3 is 4.74 Å². The van der Waals surface area contributed by atoms with Crippen LogP contribution >= 0.6 is 27.3 Å². The molecule has 2 aromatic carbocycles. The molecular formula is C20H15BrN2O3S. The molecular weight excluding hydrogens is 428 g/mol. The lowest BCUT2D eigenvalue weighted by Crippen LogP contribution is -2.19. The number of carbonyl (C=O) groups is 2. The Kier molecular flexibility index (Phi) is 6.51. The molecule has 3 aromatic rings. The zero-order valence-electron chi connectivity index (χ0n) is 14.1. The Morgan fingerprint density at radius 3 is 2.48 bits per heavy atom. The highest BCUT2D eigenvalue weighted by atomic mass is 79.9. The smallest absolute Gasteiger partial charge is 0.353 e. The van der Waals surface area contributed by atoms with Crippen molar-refractivity contribution in [3.05, 3.63) is 86.5 Å². The Morgan fingerprint density at radius 1 is 1.07 bits per heavy atom. The van der Waals surface area contributed by atoms with Crippen LogP contribution in [0.1, 0.15) is 20.8 Å². The van der Waals surface area contributed by atoms with Gasteiger partial charge >= 0.3 is 5.97 Å². The van der Waals surface area contributed by atoms with E-state index in [-0.39, 0.29) is 18.3 Å². The molecule has 0 atom stereocenters. The van der Waals surface area contributed by atoms with Gasteiger partial charge in [0.05, 0.1) is 12.6 Å². The third-order valence-electron chi connectivity index (χ3n) is 3.49. The molecule has 0 radical (unpaired) electrons. The Labute approximate surface area is 168 Å². The zero-order valence-corrected chi connectivity index (χ0v) is 16.5. The molecule has 0 saturated carbocycles. The quantitative estimate of drug-likeness (QED) is 0.265. The van der Waals surface area contributed by atoms with Crippen LogP contribution in [0.25, 0.3) is 0 Å². The van der Waals surface area contributed by atoms with Gasteiger partial charge in [-0.05, 0) is 59.0 Å². The van der Waals surface area contributed by atoms with Crippen molar-refractivity contribution in [3.8, 4) is 5.75 Å². The monoisotopic (exact) mass is 442 g/mol. The van der Waals surface area contributed by atoms with Gasteiger partial charge in [0.15, 0.2) is 0 Å². The Morgan fingerprint density at radius 2 is 1.81 bits per heavy atom. The van der Waals surface area contributed by atoms with E-state index in [1.807, 2.05) is 29.6 Å². The number of hydrogen-bond acceptors (Lipinski definition) is 5. The number of benzene rings is 2. The summed E-state index contributed by atoms with van der Waals surface area (Å²) in [4.78, 5) is 24.3. The number of thiophene rings is 1. The molecule has 0 spiro atoms. The predicted molar refractivity (Wildman–Crippen MR) is 109 cm³/mol. The maximum absolute atomic E-state index is 11.9. The summed E-state index contributed by atoms with van der Waals surface area (Å²) in [6, 6.07) is 17.9. The van der Waals surface area contributed by atoms with Gasteiger partial charge in [0.2, 0.25) is 5.91 Å². The number of ether oxygens (including phenoxy) is 1. The van der Waals surface area contributed by atoms with Gasteiger partial charge in [-0.3, -0.25) is 4.79 Å². The molecule has 0 aliphatic rings. The van der Waals surface area contributed by atoms with Crippen molar-refractivity contribution in [3.63, 3.8) is 0 Å². The second-order valence-electron chi connectivity index (χ2n) is 5.53. The highest BCUT2D eigenvalue weighted by molar-refractivity contribution is 9.10. The average Bonchev–Trinajstić information content (AvgIpc) is 3.20. The lowest BCUT2D eigenvalue weighted by atomic mass is 10.1. The van der Waals surface area contributed by atoms with Gasteiger partial charge in [-0.15, -0.1) is 11.3 Å². The number of carbonyl (C=O) groups excluding carboxylic acids is 2. The topological polar surface area (TPSA) is 67.8 Å². The van der Waals surface area contributed by atoms with Gasteiger partial charge in [-0.25, -0.2) is 10.2 Å². The molecule has 1 amide bonds. The Hall–Kier alpha value is -2.77. The third kappa shape index (κ3) is 5.87. The largest absolute Gasteiger partial charge is 0.422 e. The lowest BCUT2D eigenvalue weighted by Gasteiger charge is -2.03. The molecule has 1 aromatic heterocycles. The van der Waals surface area contributed by atoms with Crippen molar-refractivity contribution in [1.82, 2.24) is 5.43 Å². The van der Waals surface area contributed by atoms with E-state index in [0.29, 0.717) is 10.6 Å². The van der Waals surface area contributed by atoms with Crippen LogP contribution in [0.4, 0.5) is 0 Å². The molecule has 0 saturated heterocycles. The van der Waals surface area contributed by atoms with Crippen molar-refractivity contribution in [2.75, 3.05) is 0 Å². The third-order valence-corrected chi connectivity index (χ3v) is 4.87. The fourth-order valence-electron chi connectivity index (χ4n) is 2.18. The molecule has 27 heavy (non-hydrogen) atoms. The number of hydrogen-bond donors (Lipinski definition) is 1. The maximum atomic E-state index is 11.9. The van der Waals surface area contributed by atoms with Crippen LogP contribution in [-0.4, -0.2) is 18.1 Å². The standard InChI is InChI=1S/C20H15BrN2O3S/c21-16-7-3-14(4-8-16)12-19(24)23-22-13-15-5-9-17(10-6-15)26-20(25)18-2-1-11-27-18/h1-11,13H,12H2,(H,23,24). The summed E-state index contributed by atoms with van der Waals surface area (Å²) in [5.74, 6) is -0.133. The number of hydrazone groups is 1. The Balaban J connectivity index is 1.49. The van der Waals surface area contributed by atoms with Crippen molar-refractivity contribution < 1.29 is 14.3 Å². The number of esters is 1. The van der Waals surface area contributed by atoms with Crippen molar-refractivity contribution in [2.45, 2.75) is 6.42 Å². The molecule has 0 bridgehead atoms. The van der Waals surface area contributed by atoms with Gasteiger partial charge in [-0.1, -0.05) is 34.1 Å². The number of amides is 1. The summed E-state index contributed by atoms with van der Waals surface area (Å²) in [5.41, 5.74) is 4.17. The summed E-state index contributed by atoms with van der Waals surface area (Å²) < 4.78 is 6.25. The van der Waals surface area contributed by atoms with Crippen molar-refractivity contribution in [1.29, 1.82) is 0 Å². The summed E-state index contributed by atoms with van der Waals surface area (Å²) in [5, 5.41) is 5.77. The van der Waals surface area contributed by atoms with Crippen molar-refractivity contribution >= 4 is 45.4 Å². The van der Waals surface area contributed by atoms with Crippen LogP contribution in [-0.2, 0) is 11.2 Å². The summed E-state index contributed by atoms with van der Waals surface area (Å²) in [7, 11) is 0. The lowest BCUT2D eigenvalue weighted by molar-refractivity contribution is -0.120. The van der Waals surface area contributed by atoms with Crippen LogP contribution in [0.5, 0.6) is 5.75 Å². The Bertz CT molecular complexity index is 936. The first-order valence-corrected chi connectivity index (χ1v) is 9.69. The molecule has 0 aliphatic heterocycles. The fourth-order valence-corrected chi connectivity index (χ4v) is 3.04. The minimum absolute atomic E-state index is 0.199. The van der Waals surface area contributed by atoms with Crippen molar-refractivity contribution in [2.24, 2.45) is 5.10 Å². The highest BCUT2D eigenvalue weighted by Gasteiger charge is 2.09. The van der Waals surface area contributed by atoms with Gasteiger partial charge in [0.1, 0.15) is 10.6 Å². The second kappa shape index (κ2) is 9.25. The fraction of sp³-hybridized carbons (Fsp3) is 0.0500. The first kappa shape index (κ1) is 19.0. The number of halogens is 1. The molecule has 1 heterocycles. The van der Waals surface area contributed by atoms with Crippen LogP contribution < -0.4 is 10.2 Å². The summed E-state index contributed by atoms with van der Waals surface area (Å²) in [6.07, 6.45) is 1.78. The van der Waals surface area contributed by atoms with Crippen LogP contribution in [0, 0.1) is 0 Å². The molecule has 0 fully saturated rings. The van der Waals surface area contributed by atoms with Crippen LogP contribution in [0.2, 0.25) is 0 Å². The van der Waals surface area contributed by atoms with E-state index >= 15 is 0 Å². The minimum Gasteiger partial charge on any atom is -0.422 e. The number of rotatable bonds is 6. The normalized spacial score (nSPS) is 10.7. The number of nitrogens with zero attached hydrogens (tertiary/aromatic N) is 1. The van der Waals surface area contributed by atoms with E-state index in [2.05, 4.69) is 26.5 Å².